The molecule has 100 valence electrons. The third-order valence-corrected chi connectivity index (χ3v) is 4.34. The summed E-state index contributed by atoms with van der Waals surface area (Å²) >= 11 is 1.93. The first-order valence-corrected chi connectivity index (χ1v) is 7.01. The van der Waals surface area contributed by atoms with E-state index < -0.39 is 0 Å². The highest BCUT2D eigenvalue weighted by Crippen LogP contribution is 2.24. The van der Waals surface area contributed by atoms with E-state index in [1.54, 1.807) is 0 Å². The molecule has 6 heteroatoms. The Labute approximate surface area is 113 Å². The van der Waals surface area contributed by atoms with E-state index in [0.717, 1.165) is 31.7 Å². The van der Waals surface area contributed by atoms with Crippen molar-refractivity contribution in [2.75, 3.05) is 25.4 Å². The summed E-state index contributed by atoms with van der Waals surface area (Å²) < 4.78 is 5.64. The second kappa shape index (κ2) is 6.83. The van der Waals surface area contributed by atoms with E-state index in [1.165, 1.54) is 0 Å². The summed E-state index contributed by atoms with van der Waals surface area (Å²) in [5.74, 6) is 1.21. The molecule has 0 aromatic rings. The number of ether oxygens (including phenoxy) is 1. The number of thioether (sulfide) groups is 1. The fourth-order valence-electron chi connectivity index (χ4n) is 2.28. The number of nitrogens with two attached hydrogens (primary N) is 1. The highest BCUT2D eigenvalue weighted by molar-refractivity contribution is 7.99. The minimum absolute atomic E-state index is 0. The lowest BCUT2D eigenvalue weighted by atomic mass is 10.1. The van der Waals surface area contributed by atoms with Crippen molar-refractivity contribution in [2.45, 2.75) is 37.2 Å². The third-order valence-electron chi connectivity index (χ3n) is 3.20. The quantitative estimate of drug-likeness (QED) is 0.816. The van der Waals surface area contributed by atoms with Crippen LogP contribution in [-0.2, 0) is 9.53 Å². The van der Waals surface area contributed by atoms with Crippen molar-refractivity contribution in [2.24, 2.45) is 5.73 Å². The topological polar surface area (TPSA) is 55.6 Å². The van der Waals surface area contributed by atoms with Gasteiger partial charge in [0.2, 0.25) is 0 Å². The minimum Gasteiger partial charge on any atom is -0.364 e. The molecule has 1 amide bonds. The Morgan fingerprint density at radius 2 is 2.29 bits per heavy atom. The van der Waals surface area contributed by atoms with Gasteiger partial charge in [0.15, 0.2) is 0 Å². The molecule has 0 spiro atoms. The average Bonchev–Trinajstić information content (AvgIpc) is 2.76. The molecule has 2 fully saturated rings. The van der Waals surface area contributed by atoms with Gasteiger partial charge in [0.05, 0.1) is 6.10 Å². The van der Waals surface area contributed by atoms with Crippen molar-refractivity contribution in [1.29, 1.82) is 0 Å². The third kappa shape index (κ3) is 3.74. The van der Waals surface area contributed by atoms with Crippen molar-refractivity contribution < 1.29 is 9.53 Å². The van der Waals surface area contributed by atoms with Crippen LogP contribution in [0.5, 0.6) is 0 Å². The zero-order chi connectivity index (χ0) is 11.5. The van der Waals surface area contributed by atoms with Crippen LogP contribution in [0.3, 0.4) is 0 Å². The van der Waals surface area contributed by atoms with Crippen LogP contribution >= 0.6 is 24.2 Å². The lowest BCUT2D eigenvalue weighted by molar-refractivity contribution is -0.142. The zero-order valence-electron chi connectivity index (χ0n) is 10.1. The van der Waals surface area contributed by atoms with Crippen molar-refractivity contribution in [3.63, 3.8) is 0 Å². The van der Waals surface area contributed by atoms with Crippen LogP contribution in [0.25, 0.3) is 0 Å². The summed E-state index contributed by atoms with van der Waals surface area (Å²) in [6.45, 7) is 4.41. The molecule has 2 aliphatic heterocycles. The van der Waals surface area contributed by atoms with E-state index in [0.29, 0.717) is 11.8 Å². The molecule has 2 aliphatic rings. The van der Waals surface area contributed by atoms with E-state index in [1.807, 2.05) is 16.7 Å². The lowest BCUT2D eigenvalue weighted by Gasteiger charge is -2.32. The van der Waals surface area contributed by atoms with Crippen LogP contribution in [-0.4, -0.2) is 53.7 Å². The molecular formula is C11H21ClN2O2S. The molecule has 0 aliphatic carbocycles. The molecule has 4 nitrogen and oxygen atoms in total. The second-order valence-electron chi connectivity index (χ2n) is 4.53. The number of carbonyl (C=O) groups is 1. The molecule has 17 heavy (non-hydrogen) atoms. The smallest absolute Gasteiger partial charge is 0.251 e. The van der Waals surface area contributed by atoms with Gasteiger partial charge in [0.25, 0.3) is 5.91 Å². The van der Waals surface area contributed by atoms with E-state index in [-0.39, 0.29) is 30.5 Å². The molecule has 2 rings (SSSR count). The van der Waals surface area contributed by atoms with Crippen molar-refractivity contribution >= 4 is 30.1 Å². The van der Waals surface area contributed by atoms with Gasteiger partial charge in [-0.25, -0.2) is 0 Å². The zero-order valence-corrected chi connectivity index (χ0v) is 11.8. The first kappa shape index (κ1) is 15.1. The van der Waals surface area contributed by atoms with Crippen LogP contribution in [0.2, 0.25) is 0 Å². The molecule has 2 N–H and O–H groups in total. The van der Waals surface area contributed by atoms with Gasteiger partial charge in [0, 0.05) is 30.6 Å². The molecule has 1 unspecified atom stereocenters. The summed E-state index contributed by atoms with van der Waals surface area (Å²) in [6, 6.07) is 0. The molecule has 0 aromatic carbocycles. The maximum Gasteiger partial charge on any atom is 0.251 e. The Hall–Kier alpha value is 0.0300. The van der Waals surface area contributed by atoms with Gasteiger partial charge in [-0.05, 0) is 12.8 Å². The Balaban J connectivity index is 0.00000144. The van der Waals surface area contributed by atoms with Crippen LogP contribution < -0.4 is 5.73 Å². The summed E-state index contributed by atoms with van der Waals surface area (Å²) in [5.41, 5.74) is 5.54. The predicted octanol–water partition coefficient (Wildman–Crippen LogP) is 0.878. The van der Waals surface area contributed by atoms with E-state index in [9.17, 15) is 4.79 Å². The monoisotopic (exact) mass is 280 g/mol. The molecule has 0 aromatic heterocycles. The summed E-state index contributed by atoms with van der Waals surface area (Å²) in [4.78, 5) is 14.1. The SMILES string of the molecule is CC1CN(C(=O)[C@@H]2CC[C@H](CN)O2)CCS1.Cl. The molecule has 2 saturated heterocycles. The van der Waals surface area contributed by atoms with Gasteiger partial charge in [-0.1, -0.05) is 6.92 Å². The Kier molecular flexibility index (Phi) is 6.06. The molecule has 0 radical (unpaired) electrons. The Morgan fingerprint density at radius 1 is 1.53 bits per heavy atom. The maximum atomic E-state index is 12.2. The minimum atomic E-state index is -0.233. The number of nitrogens with zero attached hydrogens (tertiary/aromatic N) is 1. The number of rotatable bonds is 2. The van der Waals surface area contributed by atoms with E-state index in [2.05, 4.69) is 6.92 Å². The van der Waals surface area contributed by atoms with Gasteiger partial charge in [0.1, 0.15) is 6.10 Å². The highest BCUT2D eigenvalue weighted by Gasteiger charge is 2.34. The number of amides is 1. The van der Waals surface area contributed by atoms with Crippen molar-refractivity contribution in [1.82, 2.24) is 4.90 Å². The number of carbonyl (C=O) groups excluding carboxylic acids is 1. The fourth-order valence-corrected chi connectivity index (χ4v) is 3.30. The van der Waals surface area contributed by atoms with Crippen LogP contribution in [0.4, 0.5) is 0 Å². The van der Waals surface area contributed by atoms with Gasteiger partial charge in [-0.3, -0.25) is 4.79 Å². The molecular weight excluding hydrogens is 260 g/mol. The van der Waals surface area contributed by atoms with Crippen LogP contribution in [0.1, 0.15) is 19.8 Å². The van der Waals surface area contributed by atoms with E-state index in [4.69, 9.17) is 10.5 Å². The first-order valence-electron chi connectivity index (χ1n) is 5.96. The van der Waals surface area contributed by atoms with Crippen molar-refractivity contribution in [3.05, 3.63) is 0 Å². The highest BCUT2D eigenvalue weighted by atomic mass is 35.5. The number of hydrogen-bond acceptors (Lipinski definition) is 4. The normalized spacial score (nSPS) is 33.3. The van der Waals surface area contributed by atoms with Gasteiger partial charge >= 0.3 is 0 Å². The summed E-state index contributed by atoms with van der Waals surface area (Å²) in [5, 5.41) is 0.546. The standard InChI is InChI=1S/C11H20N2O2S.ClH/c1-8-7-13(4-5-16-8)11(14)10-3-2-9(6-12)15-10;/h8-10H,2-7,12H2,1H3;1H/t8?,9-,10+;/m1./s1. The van der Waals surface area contributed by atoms with Gasteiger partial charge in [-0.2, -0.15) is 11.8 Å². The lowest BCUT2D eigenvalue weighted by Crippen LogP contribution is -2.46. The maximum absolute atomic E-state index is 12.2. The molecule has 3 atom stereocenters. The Morgan fingerprint density at radius 3 is 2.88 bits per heavy atom. The van der Waals surface area contributed by atoms with E-state index >= 15 is 0 Å². The summed E-state index contributed by atoms with van der Waals surface area (Å²) in [6.07, 6.45) is 1.61. The fraction of sp³-hybridized carbons (Fsp3) is 0.909. The predicted molar refractivity (Wildman–Crippen MR) is 72.7 cm³/mol. The molecule has 0 saturated carbocycles. The molecule has 2 heterocycles. The Bertz CT molecular complexity index is 268. The average molecular weight is 281 g/mol. The van der Waals surface area contributed by atoms with Gasteiger partial charge < -0.3 is 15.4 Å². The number of halogens is 1. The largest absolute Gasteiger partial charge is 0.364 e. The van der Waals surface area contributed by atoms with Crippen LogP contribution in [0.15, 0.2) is 0 Å². The second-order valence-corrected chi connectivity index (χ2v) is 6.07. The number of hydrogen-bond donors (Lipinski definition) is 1. The summed E-state index contributed by atoms with van der Waals surface area (Å²) in [7, 11) is 0. The van der Waals surface area contributed by atoms with Gasteiger partial charge in [-0.15, -0.1) is 12.4 Å². The first-order chi connectivity index (χ1) is 7.70. The van der Waals surface area contributed by atoms with Crippen molar-refractivity contribution in [3.8, 4) is 0 Å². The molecule has 0 bridgehead atoms. The van der Waals surface area contributed by atoms with Crippen LogP contribution in [0, 0.1) is 0 Å².